The monoisotopic (exact) mass is 1680 g/mol. The molecule has 0 saturated carbocycles. The van der Waals surface area contributed by atoms with Crippen molar-refractivity contribution >= 4 is 81.9 Å². The van der Waals surface area contributed by atoms with Crippen LogP contribution in [0.5, 0.6) is 0 Å². The van der Waals surface area contributed by atoms with E-state index >= 15 is 4.39 Å². The van der Waals surface area contributed by atoms with E-state index in [1.807, 2.05) is 0 Å². The number of carbonyl (C=O) groups excluding carboxylic acids is 12. The molecular weight excluding hydrogens is 1560 g/mol. The molecule has 0 unspecified atom stereocenters. The fourth-order valence-electron chi connectivity index (χ4n) is 13.4. The summed E-state index contributed by atoms with van der Waals surface area (Å²) in [5.74, 6) is -8.44. The van der Waals surface area contributed by atoms with E-state index in [9.17, 15) is 67.4 Å². The highest BCUT2D eigenvalue weighted by atomic mass is 19.1. The lowest BCUT2D eigenvalue weighted by molar-refractivity contribution is -0.172. The number of esters is 2. The fraction of sp³-hybridized carbons (Fsp3) is 0.654. The second kappa shape index (κ2) is 49.4. The number of carbonyl (C=O) groups is 12. The van der Waals surface area contributed by atoms with Gasteiger partial charge in [0.25, 0.3) is 17.4 Å². The van der Waals surface area contributed by atoms with Crippen molar-refractivity contribution in [3.8, 4) is 11.4 Å². The van der Waals surface area contributed by atoms with E-state index < -0.39 is 124 Å². The lowest BCUT2D eigenvalue weighted by Crippen LogP contribution is -2.56. The quantitative estimate of drug-likeness (QED) is 0.0169. The van der Waals surface area contributed by atoms with Gasteiger partial charge in [0.15, 0.2) is 5.60 Å². The highest BCUT2D eigenvalue weighted by Crippen LogP contribution is 2.46. The maximum Gasteiger partial charge on any atom is 0.343 e. The van der Waals surface area contributed by atoms with Gasteiger partial charge in [-0.3, -0.25) is 62.4 Å². The number of nitrogens with one attached hydrogen (secondary N) is 8. The number of halogens is 1. The average molecular weight is 1680 g/mol. The van der Waals surface area contributed by atoms with E-state index in [4.69, 9.17) is 61.8 Å². The van der Waals surface area contributed by atoms with Crippen molar-refractivity contribution in [2.45, 2.75) is 193 Å². The van der Waals surface area contributed by atoms with Crippen LogP contribution in [0.2, 0.25) is 0 Å². The molecule has 0 saturated heterocycles. The summed E-state index contributed by atoms with van der Waals surface area (Å²) in [6, 6.07) is -4.24. The largest absolute Gasteiger partial charge is 0.460 e. The molecule has 4 aliphatic rings. The molecule has 119 heavy (non-hydrogen) atoms. The molecule has 1 aromatic carbocycles. The van der Waals surface area contributed by atoms with Crippen LogP contribution in [0.3, 0.4) is 0 Å². The third kappa shape index (κ3) is 30.4. The van der Waals surface area contributed by atoms with Crippen LogP contribution >= 0.6 is 0 Å². The van der Waals surface area contributed by atoms with Gasteiger partial charge >= 0.3 is 11.9 Å². The minimum Gasteiger partial charge on any atom is -0.460 e. The predicted octanol–water partition coefficient (Wildman–Crippen LogP) is 0.920. The number of aromatic nitrogens is 2. The molecule has 7 atom stereocenters. The minimum atomic E-state index is -2.10. The van der Waals surface area contributed by atoms with E-state index in [0.717, 1.165) is 17.1 Å². The van der Waals surface area contributed by atoms with Crippen LogP contribution in [-0.2, 0) is 140 Å². The van der Waals surface area contributed by atoms with Crippen LogP contribution in [0, 0.1) is 12.7 Å². The first-order valence-corrected chi connectivity index (χ1v) is 40.6. The van der Waals surface area contributed by atoms with Gasteiger partial charge in [0, 0.05) is 80.7 Å². The number of ether oxygens (including phenoxy) is 12. The normalized spacial score (nSPS) is 16.5. The van der Waals surface area contributed by atoms with Gasteiger partial charge in [-0.25, -0.2) is 14.2 Å². The number of methoxy groups -OCH3 is 1. The first-order chi connectivity index (χ1) is 57.0. The first kappa shape index (κ1) is 96.8. The summed E-state index contributed by atoms with van der Waals surface area (Å²) in [5, 5.41) is 33.5. The summed E-state index contributed by atoms with van der Waals surface area (Å²) >= 11 is 0. The number of hydrogen-bond acceptors (Lipinski definition) is 27. The molecule has 37 nitrogen and oxygen atoms in total. The summed E-state index contributed by atoms with van der Waals surface area (Å²) in [6.07, 6.45) is 2.80. The van der Waals surface area contributed by atoms with Gasteiger partial charge in [0.1, 0.15) is 54.8 Å². The number of pyridine rings is 2. The van der Waals surface area contributed by atoms with E-state index in [-0.39, 0.29) is 139 Å². The van der Waals surface area contributed by atoms with Crippen molar-refractivity contribution in [1.82, 2.24) is 57.0 Å². The SMILES string of the molecule is CC[C@@]1(O)C(=O)OCc2c1cc1n(c2=O)Cc2c-1nc1cc(F)c(C)c3c1c2[C@@H](NC(=O)[C@H](C)NC(=O)[C@H](C)NC(=O)[C@H](C)NC(=O)[C@H](CCC(=O)OC(C)(C)C)NC(=O)CCCNC(=O)[C@H](CCCCNC(=O)COCCOCCOCCOCCOCCOCCOCCOCCOCCOC)NC(=O)CCCN1C(=O)C=CC1=O)CC3. The van der Waals surface area contributed by atoms with Crippen molar-refractivity contribution < 1.29 is 124 Å². The Morgan fingerprint density at radius 2 is 1.10 bits per heavy atom. The maximum atomic E-state index is 15.6. The molecule has 0 spiro atoms. The molecule has 0 fully saturated rings. The standard InChI is InChI=1S/C81H118FN11O26/c1-10-81(107)57-45-63-72-55(47-93(63)78(105)56(57)48-118-79(81)106)71-59(19-18-54-50(2)58(82)46-62(90-72)70(54)71)91-75(102)53(5)86-73(100)51(3)85-74(101)52(4)87-77(104)61(20-23-69(99)119-80(6,7)8)89-64(94)16-13-25-84-76(103)60(88-65(95)17-14-26-92-67(97)21-22-68(92)98)15-11-12-24-83-66(96)49-117-44-43-116-42-41-115-40-39-114-38-37-113-36-35-112-34-33-111-32-31-110-30-29-109-28-27-108-9/h21-22,45-46,51-53,59-61,107H,10-20,23-44,47-49H2,1-9H3,(H,83,96)(H,84,103)(H,85,101)(H,86,100)(H,87,104)(H,88,95)(H,89,94)(H,91,102)/t51-,52-,53-,59-,60-,61-,81-/m0/s1. The van der Waals surface area contributed by atoms with E-state index in [0.29, 0.717) is 158 Å². The van der Waals surface area contributed by atoms with Gasteiger partial charge in [0.2, 0.25) is 47.3 Å². The summed E-state index contributed by atoms with van der Waals surface area (Å²) in [7, 11) is 1.62. The molecule has 2 aromatic heterocycles. The molecule has 38 heteroatoms. The Bertz CT molecular complexity index is 4060. The number of amides is 10. The highest BCUT2D eigenvalue weighted by Gasteiger charge is 2.46. The molecule has 0 bridgehead atoms. The van der Waals surface area contributed by atoms with Crippen molar-refractivity contribution in [2.75, 3.05) is 152 Å². The zero-order valence-electron chi connectivity index (χ0n) is 69.6. The van der Waals surface area contributed by atoms with Crippen molar-refractivity contribution in [2.24, 2.45) is 0 Å². The third-order valence-corrected chi connectivity index (χ3v) is 19.8. The molecule has 1 aliphatic carbocycles. The Morgan fingerprint density at radius 1 is 0.597 bits per heavy atom. The molecule has 5 heterocycles. The second-order valence-electron chi connectivity index (χ2n) is 29.9. The summed E-state index contributed by atoms with van der Waals surface area (Å²) in [6.45, 7) is 19.1. The van der Waals surface area contributed by atoms with Crippen molar-refractivity contribution in [1.29, 1.82) is 0 Å². The average Bonchev–Trinajstić information content (AvgIpc) is 1.56. The fourth-order valence-corrected chi connectivity index (χ4v) is 13.4. The van der Waals surface area contributed by atoms with Gasteiger partial charge in [-0.1, -0.05) is 6.92 Å². The zero-order valence-corrected chi connectivity index (χ0v) is 69.6. The molecule has 0 radical (unpaired) electrons. The minimum absolute atomic E-state index is 0.0105. The number of fused-ring (bicyclic) bond motifs is 5. The number of imide groups is 1. The van der Waals surface area contributed by atoms with E-state index in [2.05, 4.69) is 42.5 Å². The lowest BCUT2D eigenvalue weighted by atomic mass is 9.81. The smallest absolute Gasteiger partial charge is 0.343 e. The first-order valence-electron chi connectivity index (χ1n) is 40.6. The number of rotatable bonds is 57. The lowest BCUT2D eigenvalue weighted by Gasteiger charge is -2.31. The van der Waals surface area contributed by atoms with Gasteiger partial charge in [0.05, 0.1) is 154 Å². The Kier molecular flexibility index (Phi) is 40.2. The Balaban J connectivity index is 0.804. The van der Waals surface area contributed by atoms with Crippen molar-refractivity contribution in [3.63, 3.8) is 0 Å². The third-order valence-electron chi connectivity index (χ3n) is 19.8. The second-order valence-corrected chi connectivity index (χ2v) is 29.9. The summed E-state index contributed by atoms with van der Waals surface area (Å²) < 4.78 is 81.8. The van der Waals surface area contributed by atoms with Gasteiger partial charge < -0.3 is 109 Å². The van der Waals surface area contributed by atoms with E-state index in [1.165, 1.54) is 37.5 Å². The number of unbranched alkanes of at least 4 members (excludes halogenated alkanes) is 1. The van der Waals surface area contributed by atoms with Crippen LogP contribution in [0.4, 0.5) is 4.39 Å². The molecule has 9 N–H and O–H groups in total. The molecule has 3 aliphatic heterocycles. The van der Waals surface area contributed by atoms with Gasteiger partial charge in [-0.15, -0.1) is 0 Å². The van der Waals surface area contributed by atoms with Crippen LogP contribution < -0.4 is 48.1 Å². The molecule has 3 aromatic rings. The van der Waals surface area contributed by atoms with Crippen molar-refractivity contribution in [3.05, 3.63) is 73.8 Å². The zero-order chi connectivity index (χ0) is 86.6. The number of benzene rings is 1. The highest BCUT2D eigenvalue weighted by molar-refractivity contribution is 6.13. The van der Waals surface area contributed by atoms with Crippen LogP contribution in [0.1, 0.15) is 159 Å². The van der Waals surface area contributed by atoms with Gasteiger partial charge in [-0.05, 0) is 129 Å². The Morgan fingerprint density at radius 3 is 1.64 bits per heavy atom. The number of aliphatic hydroxyl groups is 1. The number of aryl methyl sites for hydroxylation is 1. The van der Waals surface area contributed by atoms with Gasteiger partial charge in [-0.2, -0.15) is 0 Å². The Hall–Kier alpha value is -9.35. The summed E-state index contributed by atoms with van der Waals surface area (Å²) in [4.78, 5) is 179. The van der Waals surface area contributed by atoms with Crippen LogP contribution in [0.15, 0.2) is 29.1 Å². The number of nitrogens with zero attached hydrogens (tertiary/aromatic N) is 3. The molecule has 660 valence electrons. The summed E-state index contributed by atoms with van der Waals surface area (Å²) in [5.41, 5.74) is -0.274. The molecule has 10 amide bonds. The molecular formula is C81H118FN11O26. The number of cyclic esters (lactones) is 1. The van der Waals surface area contributed by atoms with Crippen LogP contribution in [-0.4, -0.2) is 279 Å². The maximum absolute atomic E-state index is 15.6. The Labute approximate surface area is 690 Å². The topological polar surface area (TPSA) is 470 Å². The van der Waals surface area contributed by atoms with Crippen LogP contribution in [0.25, 0.3) is 22.3 Å². The number of hydrogen-bond donors (Lipinski definition) is 9. The molecule has 7 rings (SSSR count). The van der Waals surface area contributed by atoms with E-state index in [1.54, 1.807) is 41.7 Å². The predicted molar refractivity (Wildman–Crippen MR) is 424 cm³/mol.